The van der Waals surface area contributed by atoms with Crippen LogP contribution in [0.4, 0.5) is 10.1 Å². The van der Waals surface area contributed by atoms with Crippen molar-refractivity contribution in [3.8, 4) is 0 Å². The Hall–Kier alpha value is -3.44. The van der Waals surface area contributed by atoms with Gasteiger partial charge in [-0.1, -0.05) is 11.8 Å². The summed E-state index contributed by atoms with van der Waals surface area (Å²) in [4.78, 5) is 32.9. The highest BCUT2D eigenvalue weighted by Gasteiger charge is 2.23. The molecule has 1 saturated heterocycles. The number of carbonyl (C=O) groups excluding carboxylic acids is 2. The molecule has 34 heavy (non-hydrogen) atoms. The number of halogens is 1. The van der Waals surface area contributed by atoms with Crippen molar-refractivity contribution in [2.75, 3.05) is 43.8 Å². The third-order valence-electron chi connectivity index (χ3n) is 5.19. The number of furan rings is 1. The first-order valence-electron chi connectivity index (χ1n) is 10.8. The number of aromatic amines is 1. The van der Waals surface area contributed by atoms with Crippen LogP contribution in [0.3, 0.4) is 0 Å². The Bertz CT molecular complexity index is 1150. The number of amides is 2. The number of benzene rings is 1. The number of aromatic nitrogens is 3. The molecule has 1 aliphatic heterocycles. The molecule has 0 spiro atoms. The Labute approximate surface area is 200 Å². The van der Waals surface area contributed by atoms with Crippen molar-refractivity contribution in [2.45, 2.75) is 12.1 Å². The van der Waals surface area contributed by atoms with E-state index in [0.717, 1.165) is 11.5 Å². The number of nitrogens with one attached hydrogen (secondary N) is 2. The normalized spacial score (nSPS) is 14.6. The zero-order valence-electron chi connectivity index (χ0n) is 18.7. The summed E-state index contributed by atoms with van der Waals surface area (Å²) in [7, 11) is 0. The van der Waals surface area contributed by atoms with Gasteiger partial charge in [-0.15, -0.1) is 5.10 Å². The molecule has 2 amide bonds. The van der Waals surface area contributed by atoms with Crippen molar-refractivity contribution in [3.63, 3.8) is 0 Å². The number of piperazine rings is 1. The van der Waals surface area contributed by atoms with E-state index in [9.17, 15) is 14.0 Å². The van der Waals surface area contributed by atoms with E-state index >= 15 is 0 Å². The predicted octanol–water partition coefficient (Wildman–Crippen LogP) is 2.89. The van der Waals surface area contributed by atoms with Gasteiger partial charge in [0.2, 0.25) is 17.0 Å². The molecule has 2 N–H and O–H groups in total. The summed E-state index contributed by atoms with van der Waals surface area (Å²) in [5.41, 5.74) is 0.555. The van der Waals surface area contributed by atoms with E-state index in [0.29, 0.717) is 42.8 Å². The molecule has 3 aromatic rings. The summed E-state index contributed by atoms with van der Waals surface area (Å²) < 4.78 is 18.4. The van der Waals surface area contributed by atoms with Gasteiger partial charge in [-0.2, -0.15) is 0 Å². The lowest BCUT2D eigenvalue weighted by molar-refractivity contribution is -0.130. The highest BCUT2D eigenvalue weighted by molar-refractivity contribution is 7.99. The second kappa shape index (κ2) is 11.1. The Balaban J connectivity index is 1.17. The van der Waals surface area contributed by atoms with Crippen LogP contribution < -0.4 is 5.32 Å². The average molecular weight is 485 g/mol. The van der Waals surface area contributed by atoms with E-state index in [-0.39, 0.29) is 29.9 Å². The molecule has 0 unspecified atom stereocenters. The van der Waals surface area contributed by atoms with Crippen molar-refractivity contribution in [1.82, 2.24) is 25.0 Å². The highest BCUT2D eigenvalue weighted by atomic mass is 32.2. The second-order valence-corrected chi connectivity index (χ2v) is 8.73. The van der Waals surface area contributed by atoms with Crippen LogP contribution >= 0.6 is 11.8 Å². The van der Waals surface area contributed by atoms with Crippen LogP contribution in [-0.4, -0.2) is 75.3 Å². The number of rotatable bonds is 8. The van der Waals surface area contributed by atoms with Crippen molar-refractivity contribution < 1.29 is 18.4 Å². The van der Waals surface area contributed by atoms with Gasteiger partial charge in [-0.25, -0.2) is 9.37 Å². The smallest absolute Gasteiger partial charge is 0.238 e. The first-order chi connectivity index (χ1) is 16.4. The van der Waals surface area contributed by atoms with Gasteiger partial charge in [0.15, 0.2) is 0 Å². The summed E-state index contributed by atoms with van der Waals surface area (Å²) in [6.07, 6.45) is 3.56. The minimum absolute atomic E-state index is 0.00775. The summed E-state index contributed by atoms with van der Waals surface area (Å²) >= 11 is 1.28. The number of H-pyrrole nitrogens is 1. The topological polar surface area (TPSA) is 107 Å². The van der Waals surface area contributed by atoms with Crippen LogP contribution in [-0.2, 0) is 9.59 Å². The van der Waals surface area contributed by atoms with Crippen LogP contribution in [0, 0.1) is 12.7 Å². The molecule has 0 aliphatic carbocycles. The SMILES string of the molecule is Cc1ccc(/C=C/c2nc(SCC(=O)N3CCN(CC(=O)Nc4ccc(F)cc4)CC3)n[nH]2)o1. The fraction of sp³-hybridized carbons (Fsp3) is 0.304. The minimum atomic E-state index is -0.350. The van der Waals surface area contributed by atoms with Crippen molar-refractivity contribution in [3.05, 3.63) is 59.6 Å². The second-order valence-electron chi connectivity index (χ2n) is 7.79. The quantitative estimate of drug-likeness (QED) is 0.474. The van der Waals surface area contributed by atoms with Gasteiger partial charge >= 0.3 is 0 Å². The molecule has 9 nitrogen and oxygen atoms in total. The van der Waals surface area contributed by atoms with E-state index < -0.39 is 0 Å². The number of aryl methyl sites for hydroxylation is 1. The number of carbonyl (C=O) groups is 2. The largest absolute Gasteiger partial charge is 0.462 e. The Kier molecular flexibility index (Phi) is 7.76. The van der Waals surface area contributed by atoms with Crippen LogP contribution in [0.15, 0.2) is 46.0 Å². The van der Waals surface area contributed by atoms with E-state index in [2.05, 4.69) is 20.5 Å². The van der Waals surface area contributed by atoms with Crippen molar-refractivity contribution in [2.24, 2.45) is 0 Å². The van der Waals surface area contributed by atoms with Crippen molar-refractivity contribution in [1.29, 1.82) is 0 Å². The Morgan fingerprint density at radius 3 is 2.62 bits per heavy atom. The molecule has 0 atom stereocenters. The first kappa shape index (κ1) is 23.7. The van der Waals surface area contributed by atoms with Gasteiger partial charge in [0, 0.05) is 31.9 Å². The molecule has 1 fully saturated rings. The third kappa shape index (κ3) is 6.78. The van der Waals surface area contributed by atoms with E-state index in [1.165, 1.54) is 36.0 Å². The lowest BCUT2D eigenvalue weighted by Gasteiger charge is -2.34. The first-order valence-corrected chi connectivity index (χ1v) is 11.8. The molecule has 1 aromatic carbocycles. The summed E-state index contributed by atoms with van der Waals surface area (Å²) in [5.74, 6) is 1.87. The highest BCUT2D eigenvalue weighted by Crippen LogP contribution is 2.16. The Morgan fingerprint density at radius 1 is 1.15 bits per heavy atom. The number of hydrogen-bond donors (Lipinski definition) is 2. The zero-order valence-corrected chi connectivity index (χ0v) is 19.5. The fourth-order valence-corrected chi connectivity index (χ4v) is 4.12. The molecule has 0 saturated carbocycles. The predicted molar refractivity (Wildman–Crippen MR) is 128 cm³/mol. The molecule has 11 heteroatoms. The molecule has 178 valence electrons. The molecule has 1 aliphatic rings. The minimum Gasteiger partial charge on any atom is -0.462 e. The van der Waals surface area contributed by atoms with Crippen LogP contribution in [0.1, 0.15) is 17.3 Å². The summed E-state index contributed by atoms with van der Waals surface area (Å²) in [6.45, 7) is 4.41. The van der Waals surface area contributed by atoms with Gasteiger partial charge in [0.1, 0.15) is 23.2 Å². The van der Waals surface area contributed by atoms with Gasteiger partial charge in [0.05, 0.1) is 12.3 Å². The van der Waals surface area contributed by atoms with E-state index in [4.69, 9.17) is 4.42 Å². The maximum atomic E-state index is 13.0. The number of nitrogens with zero attached hydrogens (tertiary/aromatic N) is 4. The van der Waals surface area contributed by atoms with Crippen LogP contribution in [0.5, 0.6) is 0 Å². The zero-order chi connectivity index (χ0) is 23.9. The lowest BCUT2D eigenvalue weighted by atomic mass is 10.3. The molecule has 0 radical (unpaired) electrons. The van der Waals surface area contributed by atoms with E-state index in [1.54, 1.807) is 17.1 Å². The van der Waals surface area contributed by atoms with Crippen molar-refractivity contribution >= 4 is 41.4 Å². The molecular weight excluding hydrogens is 459 g/mol. The molecule has 3 heterocycles. The van der Waals surface area contributed by atoms with E-state index in [1.807, 2.05) is 24.0 Å². The van der Waals surface area contributed by atoms with Gasteiger partial charge in [-0.05, 0) is 55.5 Å². The molecular formula is C23H25FN6O3S. The summed E-state index contributed by atoms with van der Waals surface area (Å²) in [6, 6.07) is 9.40. The average Bonchev–Trinajstić information content (AvgIpc) is 3.46. The maximum Gasteiger partial charge on any atom is 0.238 e. The maximum absolute atomic E-state index is 13.0. The van der Waals surface area contributed by atoms with Crippen LogP contribution in [0.25, 0.3) is 12.2 Å². The van der Waals surface area contributed by atoms with Gasteiger partial charge in [-0.3, -0.25) is 19.6 Å². The third-order valence-corrected chi connectivity index (χ3v) is 6.03. The summed E-state index contributed by atoms with van der Waals surface area (Å²) in [5, 5.41) is 10.2. The number of thioether (sulfide) groups is 1. The lowest BCUT2D eigenvalue weighted by Crippen LogP contribution is -2.50. The molecule has 0 bridgehead atoms. The fourth-order valence-electron chi connectivity index (χ4n) is 3.41. The monoisotopic (exact) mass is 484 g/mol. The van der Waals surface area contributed by atoms with Gasteiger partial charge in [0.25, 0.3) is 0 Å². The van der Waals surface area contributed by atoms with Gasteiger partial charge < -0.3 is 14.6 Å². The standard InChI is InChI=1S/C23H25FN6O3S/c1-16-2-7-19(33-16)8-9-20-26-23(28-27-20)34-15-22(32)30-12-10-29(11-13-30)14-21(31)25-18-5-3-17(24)4-6-18/h2-9H,10-15H2,1H3,(H,25,31)(H,26,27,28)/b9-8+. The molecule has 4 rings (SSSR count). The Morgan fingerprint density at radius 2 is 1.91 bits per heavy atom. The molecule has 2 aromatic heterocycles. The van der Waals surface area contributed by atoms with Crippen LogP contribution in [0.2, 0.25) is 0 Å². The number of anilines is 1. The number of hydrogen-bond acceptors (Lipinski definition) is 7.